The molecule has 0 spiro atoms. The highest BCUT2D eigenvalue weighted by molar-refractivity contribution is 5.91. The van der Waals surface area contributed by atoms with E-state index in [0.717, 1.165) is 49.0 Å². The molecule has 2 saturated heterocycles. The van der Waals surface area contributed by atoms with Crippen molar-refractivity contribution in [1.82, 2.24) is 15.4 Å². The first-order chi connectivity index (χ1) is 19.7. The maximum Gasteiger partial charge on any atom is 0.416 e. The number of rotatable bonds is 8. The molecule has 3 aromatic rings. The van der Waals surface area contributed by atoms with Gasteiger partial charge >= 0.3 is 6.09 Å². The first kappa shape index (κ1) is 28.8. The van der Waals surface area contributed by atoms with Gasteiger partial charge in [-0.3, -0.25) is 14.6 Å². The normalized spacial score (nSPS) is 20.0. The van der Waals surface area contributed by atoms with Crippen molar-refractivity contribution in [3.63, 3.8) is 0 Å². The molecule has 0 bridgehead atoms. The Bertz CT molecular complexity index is 1320. The summed E-state index contributed by atoms with van der Waals surface area (Å²) in [7, 11) is 0. The van der Waals surface area contributed by atoms with Crippen LogP contribution in [0.4, 0.5) is 10.6 Å². The number of ether oxygens (including phenoxy) is 2. The van der Waals surface area contributed by atoms with Crippen molar-refractivity contribution in [2.75, 3.05) is 24.6 Å². The van der Waals surface area contributed by atoms with Gasteiger partial charge in [0.15, 0.2) is 6.29 Å². The summed E-state index contributed by atoms with van der Waals surface area (Å²) in [4.78, 5) is 39.3. The van der Waals surface area contributed by atoms with Gasteiger partial charge in [0.05, 0.1) is 12.6 Å². The SMILES string of the molecule is CC(C)(C)OC(=O)N(c1ccc(/C=C/C(=O)NOC2CCCCO2)cn1)[C@@H]1CCN(Cc2cc3ccccc3o2)C1. The Morgan fingerprint density at radius 1 is 1.17 bits per heavy atom. The molecular formula is C31H38N4O6. The van der Waals surface area contributed by atoms with Crippen molar-refractivity contribution in [3.05, 3.63) is 66.1 Å². The molecule has 1 N–H and O–H groups in total. The minimum Gasteiger partial charge on any atom is -0.460 e. The standard InChI is InChI=1S/C31H38N4O6/c1-31(2,3)40-30(37)35(24-15-16-34(20-24)21-25-18-23-8-4-5-9-26(23)39-25)27-13-11-22(19-32-27)12-14-28(36)33-41-29-10-6-7-17-38-29/h4-5,8-9,11-14,18-19,24,29H,6-7,10,15-17,20-21H2,1-3H3,(H,33,36)/b14-12+/t24-,29?/m1/s1. The van der Waals surface area contributed by atoms with Gasteiger partial charge in [-0.1, -0.05) is 18.2 Å². The summed E-state index contributed by atoms with van der Waals surface area (Å²) in [5.74, 6) is 0.994. The molecule has 5 rings (SSSR count). The third kappa shape index (κ3) is 7.93. The monoisotopic (exact) mass is 562 g/mol. The Morgan fingerprint density at radius 2 is 2.02 bits per heavy atom. The molecule has 4 heterocycles. The zero-order chi connectivity index (χ0) is 28.8. The van der Waals surface area contributed by atoms with Crippen LogP contribution in [0.5, 0.6) is 0 Å². The van der Waals surface area contributed by atoms with Crippen LogP contribution in [0.1, 0.15) is 57.8 Å². The molecule has 2 atom stereocenters. The molecule has 41 heavy (non-hydrogen) atoms. The van der Waals surface area contributed by atoms with Crippen molar-refractivity contribution in [3.8, 4) is 0 Å². The van der Waals surface area contributed by atoms with Crippen molar-refractivity contribution in [2.24, 2.45) is 0 Å². The van der Waals surface area contributed by atoms with E-state index in [4.69, 9.17) is 18.7 Å². The Balaban J connectivity index is 1.23. The number of hydrogen-bond acceptors (Lipinski definition) is 8. The summed E-state index contributed by atoms with van der Waals surface area (Å²) >= 11 is 0. The average molecular weight is 563 g/mol. The molecule has 2 aliphatic heterocycles. The molecule has 10 heteroatoms. The summed E-state index contributed by atoms with van der Waals surface area (Å²) in [6, 6.07) is 13.5. The lowest BCUT2D eigenvalue weighted by molar-refractivity contribution is -0.198. The minimum atomic E-state index is -0.650. The van der Waals surface area contributed by atoms with Crippen molar-refractivity contribution in [1.29, 1.82) is 0 Å². The quantitative estimate of drug-likeness (QED) is 0.286. The minimum absolute atomic E-state index is 0.118. The Hall–Kier alpha value is -3.73. The summed E-state index contributed by atoms with van der Waals surface area (Å²) in [5, 5.41) is 1.08. The number of nitrogens with one attached hydrogen (secondary N) is 1. The van der Waals surface area contributed by atoms with Crippen LogP contribution in [-0.2, 0) is 25.7 Å². The maximum atomic E-state index is 13.4. The van der Waals surface area contributed by atoms with Crippen LogP contribution in [0.15, 0.2) is 59.2 Å². The molecule has 0 radical (unpaired) electrons. The van der Waals surface area contributed by atoms with Gasteiger partial charge in [0.2, 0.25) is 0 Å². The van der Waals surface area contributed by atoms with Crippen LogP contribution in [0.25, 0.3) is 17.0 Å². The molecule has 0 saturated carbocycles. The molecule has 2 aromatic heterocycles. The van der Waals surface area contributed by atoms with Crippen molar-refractivity contribution in [2.45, 2.75) is 70.9 Å². The fourth-order valence-corrected chi connectivity index (χ4v) is 5.01. The van der Waals surface area contributed by atoms with E-state index in [2.05, 4.69) is 21.4 Å². The molecular weight excluding hydrogens is 524 g/mol. The maximum absolute atomic E-state index is 13.4. The highest BCUT2D eigenvalue weighted by Crippen LogP contribution is 2.27. The third-order valence-corrected chi connectivity index (χ3v) is 6.93. The lowest BCUT2D eigenvalue weighted by atomic mass is 10.2. The summed E-state index contributed by atoms with van der Waals surface area (Å²) in [6.07, 6.45) is 7.32. The highest BCUT2D eigenvalue weighted by atomic mass is 16.8. The van der Waals surface area contributed by atoms with Gasteiger partial charge in [-0.2, -0.15) is 0 Å². The van der Waals surface area contributed by atoms with Gasteiger partial charge in [0, 0.05) is 43.8 Å². The number of pyridine rings is 1. The number of para-hydroxylation sites is 1. The van der Waals surface area contributed by atoms with Gasteiger partial charge in [0.25, 0.3) is 5.91 Å². The molecule has 1 aromatic carbocycles. The first-order valence-electron chi connectivity index (χ1n) is 14.2. The van der Waals surface area contributed by atoms with Crippen molar-refractivity contribution >= 4 is 34.9 Å². The fraction of sp³-hybridized carbons (Fsp3) is 0.452. The number of nitrogens with zero attached hydrogens (tertiary/aromatic N) is 3. The zero-order valence-corrected chi connectivity index (χ0v) is 23.9. The lowest BCUT2D eigenvalue weighted by Crippen LogP contribution is -2.45. The number of hydrogen-bond donors (Lipinski definition) is 1. The number of aromatic nitrogens is 1. The number of hydroxylamine groups is 1. The molecule has 218 valence electrons. The van der Waals surface area contributed by atoms with Crippen LogP contribution in [0.3, 0.4) is 0 Å². The van der Waals surface area contributed by atoms with E-state index in [1.54, 1.807) is 23.2 Å². The lowest BCUT2D eigenvalue weighted by Gasteiger charge is -2.31. The molecule has 2 amide bonds. The highest BCUT2D eigenvalue weighted by Gasteiger charge is 2.35. The number of carbonyl (C=O) groups is 2. The van der Waals surface area contributed by atoms with Gasteiger partial charge in [0.1, 0.15) is 22.8 Å². The van der Waals surface area contributed by atoms with Crippen LogP contribution in [-0.4, -0.2) is 59.5 Å². The van der Waals surface area contributed by atoms with Gasteiger partial charge < -0.3 is 13.9 Å². The number of fused-ring (bicyclic) bond motifs is 1. The molecule has 2 aliphatic rings. The average Bonchev–Trinajstić information content (AvgIpc) is 3.57. The fourth-order valence-electron chi connectivity index (χ4n) is 5.01. The third-order valence-electron chi connectivity index (χ3n) is 6.93. The number of carbonyl (C=O) groups excluding carboxylic acids is 2. The van der Waals surface area contributed by atoms with E-state index in [9.17, 15) is 9.59 Å². The number of amides is 2. The Morgan fingerprint density at radius 3 is 2.76 bits per heavy atom. The van der Waals surface area contributed by atoms with Crippen LogP contribution < -0.4 is 10.4 Å². The van der Waals surface area contributed by atoms with E-state index in [1.165, 1.54) is 6.08 Å². The summed E-state index contributed by atoms with van der Waals surface area (Å²) < 4.78 is 17.2. The van der Waals surface area contributed by atoms with Crippen LogP contribution in [0.2, 0.25) is 0 Å². The van der Waals surface area contributed by atoms with Gasteiger partial charge in [-0.15, -0.1) is 0 Å². The van der Waals surface area contributed by atoms with E-state index < -0.39 is 23.9 Å². The van der Waals surface area contributed by atoms with Gasteiger partial charge in [-0.05, 0) is 75.9 Å². The topological polar surface area (TPSA) is 106 Å². The Kier molecular flexibility index (Phi) is 9.02. The second kappa shape index (κ2) is 12.8. The smallest absolute Gasteiger partial charge is 0.416 e. The molecule has 1 unspecified atom stereocenters. The number of furan rings is 1. The van der Waals surface area contributed by atoms with Crippen LogP contribution >= 0.6 is 0 Å². The largest absolute Gasteiger partial charge is 0.460 e. The number of benzene rings is 1. The second-order valence-electron chi connectivity index (χ2n) is 11.4. The number of anilines is 1. The number of likely N-dealkylation sites (tertiary alicyclic amines) is 1. The summed E-state index contributed by atoms with van der Waals surface area (Å²) in [6.45, 7) is 8.31. The zero-order valence-electron chi connectivity index (χ0n) is 23.9. The summed E-state index contributed by atoms with van der Waals surface area (Å²) in [5.41, 5.74) is 3.33. The van der Waals surface area contributed by atoms with E-state index in [1.807, 2.05) is 51.1 Å². The van der Waals surface area contributed by atoms with Crippen LogP contribution in [0, 0.1) is 0 Å². The van der Waals surface area contributed by atoms with Gasteiger partial charge in [-0.25, -0.2) is 20.1 Å². The first-order valence-corrected chi connectivity index (χ1v) is 14.2. The molecule has 10 nitrogen and oxygen atoms in total. The Labute approximate surface area is 240 Å². The van der Waals surface area contributed by atoms with E-state index >= 15 is 0 Å². The predicted molar refractivity (Wildman–Crippen MR) is 155 cm³/mol. The molecule has 2 fully saturated rings. The molecule has 0 aliphatic carbocycles. The van der Waals surface area contributed by atoms with Crippen molar-refractivity contribution < 1.29 is 28.3 Å². The second-order valence-corrected chi connectivity index (χ2v) is 11.4. The predicted octanol–water partition coefficient (Wildman–Crippen LogP) is 5.43. The van der Waals surface area contributed by atoms with E-state index in [0.29, 0.717) is 31.1 Å². The van der Waals surface area contributed by atoms with E-state index in [-0.39, 0.29) is 6.04 Å².